The molecule has 1 N–H and O–H groups in total. The van der Waals surface area contributed by atoms with Gasteiger partial charge in [0.05, 0.1) is 12.1 Å². The SMILES string of the molecule is CCCCC[C@H](c1ccc([N+](=O)[O-])o1)N1CCNCC1.Cl.Cl. The summed E-state index contributed by atoms with van der Waals surface area (Å²) in [4.78, 5) is 12.7. The van der Waals surface area contributed by atoms with Crippen LogP contribution in [-0.4, -0.2) is 36.0 Å². The van der Waals surface area contributed by atoms with Crippen molar-refractivity contribution in [2.75, 3.05) is 26.2 Å². The summed E-state index contributed by atoms with van der Waals surface area (Å²) in [7, 11) is 0. The third-order valence-electron chi connectivity index (χ3n) is 3.79. The molecule has 0 saturated carbocycles. The number of nitrogens with zero attached hydrogens (tertiary/aromatic N) is 2. The van der Waals surface area contributed by atoms with Crippen molar-refractivity contribution in [1.29, 1.82) is 0 Å². The predicted octanol–water partition coefficient (Wildman–Crippen LogP) is 3.56. The largest absolute Gasteiger partial charge is 0.433 e. The molecule has 1 atom stereocenters. The Bertz CT molecular complexity index is 437. The fourth-order valence-electron chi connectivity index (χ4n) is 2.71. The molecule has 1 aliphatic rings. The first-order valence-electron chi connectivity index (χ1n) is 7.41. The molecule has 0 aromatic carbocycles. The molecule has 6 nitrogen and oxygen atoms in total. The van der Waals surface area contributed by atoms with Crippen molar-refractivity contribution in [1.82, 2.24) is 10.2 Å². The van der Waals surface area contributed by atoms with Crippen LogP contribution in [0.3, 0.4) is 0 Å². The maximum absolute atomic E-state index is 10.8. The van der Waals surface area contributed by atoms with Crippen LogP contribution < -0.4 is 5.32 Å². The smallest absolute Gasteiger partial charge is 0.404 e. The lowest BCUT2D eigenvalue weighted by Crippen LogP contribution is -2.45. The molecule has 0 aliphatic carbocycles. The van der Waals surface area contributed by atoms with Gasteiger partial charge in [-0.05, 0) is 12.5 Å². The average Bonchev–Trinajstić information content (AvgIpc) is 2.94. The van der Waals surface area contributed by atoms with E-state index in [0.29, 0.717) is 0 Å². The van der Waals surface area contributed by atoms with Gasteiger partial charge in [-0.1, -0.05) is 26.2 Å². The minimum Gasteiger partial charge on any atom is -0.404 e. The summed E-state index contributed by atoms with van der Waals surface area (Å²) in [5.41, 5.74) is 0. The van der Waals surface area contributed by atoms with Crippen molar-refractivity contribution in [3.05, 3.63) is 28.0 Å². The van der Waals surface area contributed by atoms with Gasteiger partial charge in [-0.15, -0.1) is 24.8 Å². The second kappa shape index (κ2) is 10.8. The summed E-state index contributed by atoms with van der Waals surface area (Å²) in [5.74, 6) is 0.574. The maximum Gasteiger partial charge on any atom is 0.433 e. The van der Waals surface area contributed by atoms with Gasteiger partial charge in [0.25, 0.3) is 0 Å². The summed E-state index contributed by atoms with van der Waals surface area (Å²) in [6.45, 7) is 6.04. The van der Waals surface area contributed by atoms with E-state index in [2.05, 4.69) is 17.1 Å². The van der Waals surface area contributed by atoms with Gasteiger partial charge in [-0.2, -0.15) is 0 Å². The monoisotopic (exact) mass is 353 g/mol. The molecule has 1 aliphatic heterocycles. The molecule has 22 heavy (non-hydrogen) atoms. The van der Waals surface area contributed by atoms with Gasteiger partial charge in [-0.3, -0.25) is 15.0 Å². The van der Waals surface area contributed by atoms with Gasteiger partial charge in [0.2, 0.25) is 0 Å². The number of halogens is 2. The Morgan fingerprint density at radius 1 is 1.32 bits per heavy atom. The predicted molar refractivity (Wildman–Crippen MR) is 91.2 cm³/mol. The summed E-state index contributed by atoms with van der Waals surface area (Å²) >= 11 is 0. The number of nitro groups is 1. The van der Waals surface area contributed by atoms with Crippen LogP contribution in [0.25, 0.3) is 0 Å². The van der Waals surface area contributed by atoms with Gasteiger partial charge in [0, 0.05) is 26.2 Å². The number of piperazine rings is 1. The van der Waals surface area contributed by atoms with E-state index in [1.165, 1.54) is 18.9 Å². The van der Waals surface area contributed by atoms with E-state index in [1.807, 2.05) is 0 Å². The van der Waals surface area contributed by atoms with Crippen molar-refractivity contribution in [2.45, 2.75) is 38.6 Å². The van der Waals surface area contributed by atoms with E-state index in [9.17, 15) is 10.1 Å². The fourth-order valence-corrected chi connectivity index (χ4v) is 2.71. The van der Waals surface area contributed by atoms with Crippen LogP contribution in [0.15, 0.2) is 16.5 Å². The van der Waals surface area contributed by atoms with Crippen molar-refractivity contribution >= 4 is 30.7 Å². The highest BCUT2D eigenvalue weighted by Crippen LogP contribution is 2.30. The first kappa shape index (κ1) is 21.2. The summed E-state index contributed by atoms with van der Waals surface area (Å²) < 4.78 is 5.43. The number of unbranched alkanes of at least 4 members (excludes halogenated alkanes) is 2. The topological polar surface area (TPSA) is 71.5 Å². The normalized spacial score (nSPS) is 16.4. The van der Waals surface area contributed by atoms with Gasteiger partial charge in [0.1, 0.15) is 10.7 Å². The number of furan rings is 1. The second-order valence-electron chi connectivity index (χ2n) is 5.23. The Morgan fingerprint density at radius 3 is 2.55 bits per heavy atom. The molecule has 2 rings (SSSR count). The van der Waals surface area contributed by atoms with Crippen LogP contribution in [0, 0.1) is 10.1 Å². The third-order valence-corrected chi connectivity index (χ3v) is 3.79. The molecular formula is C14H25Cl2N3O3. The van der Waals surface area contributed by atoms with E-state index in [4.69, 9.17) is 4.42 Å². The Balaban J connectivity index is 0.00000220. The summed E-state index contributed by atoms with van der Waals surface area (Å²) in [6.07, 6.45) is 4.48. The number of hydrogen-bond donors (Lipinski definition) is 1. The zero-order valence-electron chi connectivity index (χ0n) is 12.8. The molecule has 8 heteroatoms. The Morgan fingerprint density at radius 2 is 2.00 bits per heavy atom. The quantitative estimate of drug-likeness (QED) is 0.461. The molecule has 1 aromatic rings. The van der Waals surface area contributed by atoms with Gasteiger partial charge >= 0.3 is 5.88 Å². The van der Waals surface area contributed by atoms with E-state index in [0.717, 1.165) is 44.8 Å². The lowest BCUT2D eigenvalue weighted by molar-refractivity contribution is -0.402. The summed E-state index contributed by atoms with van der Waals surface area (Å²) in [6, 6.07) is 3.39. The highest BCUT2D eigenvalue weighted by atomic mass is 35.5. The Hall–Kier alpha value is -0.820. The lowest BCUT2D eigenvalue weighted by atomic mass is 10.0. The lowest BCUT2D eigenvalue weighted by Gasteiger charge is -2.33. The molecule has 128 valence electrons. The minimum absolute atomic E-state index is 0. The van der Waals surface area contributed by atoms with Crippen LogP contribution >= 0.6 is 24.8 Å². The van der Waals surface area contributed by atoms with Crippen molar-refractivity contribution in [3.63, 3.8) is 0 Å². The third kappa shape index (κ3) is 5.76. The highest BCUT2D eigenvalue weighted by Gasteiger charge is 2.26. The van der Waals surface area contributed by atoms with Crippen molar-refractivity contribution in [3.8, 4) is 0 Å². The highest BCUT2D eigenvalue weighted by molar-refractivity contribution is 5.85. The maximum atomic E-state index is 10.8. The second-order valence-corrected chi connectivity index (χ2v) is 5.23. The zero-order chi connectivity index (χ0) is 14.4. The molecule has 0 amide bonds. The molecule has 0 radical (unpaired) electrons. The average molecular weight is 354 g/mol. The molecular weight excluding hydrogens is 329 g/mol. The van der Waals surface area contributed by atoms with Gasteiger partial charge in [0.15, 0.2) is 0 Å². The van der Waals surface area contributed by atoms with Gasteiger partial charge < -0.3 is 9.73 Å². The number of hydrogen-bond acceptors (Lipinski definition) is 5. The van der Waals surface area contributed by atoms with Crippen LogP contribution in [-0.2, 0) is 0 Å². The fraction of sp³-hybridized carbons (Fsp3) is 0.714. The molecule has 2 heterocycles. The zero-order valence-corrected chi connectivity index (χ0v) is 14.5. The van der Waals surface area contributed by atoms with Crippen molar-refractivity contribution in [2.24, 2.45) is 0 Å². The Kier molecular flexibility index (Phi) is 10.4. The molecule has 0 unspecified atom stereocenters. The summed E-state index contributed by atoms with van der Waals surface area (Å²) in [5, 5.41) is 14.1. The standard InChI is InChI=1S/C14H23N3O3.2ClH/c1-2-3-4-5-12(16-10-8-15-9-11-16)13-6-7-14(20-13)17(18)19;;/h6-7,12,15H,2-5,8-11H2,1H3;2*1H/t12-;;/m1../s1. The van der Waals surface area contributed by atoms with Gasteiger partial charge in [-0.25, -0.2) is 0 Å². The number of rotatable bonds is 7. The molecule has 0 bridgehead atoms. The minimum atomic E-state index is -0.468. The number of nitrogens with one attached hydrogen (secondary N) is 1. The molecule has 0 spiro atoms. The van der Waals surface area contributed by atoms with E-state index >= 15 is 0 Å². The van der Waals surface area contributed by atoms with Crippen molar-refractivity contribution < 1.29 is 9.34 Å². The van der Waals surface area contributed by atoms with Crippen LogP contribution in [0.2, 0.25) is 0 Å². The van der Waals surface area contributed by atoms with Crippen LogP contribution in [0.1, 0.15) is 44.4 Å². The molecule has 1 saturated heterocycles. The first-order valence-corrected chi connectivity index (χ1v) is 7.41. The Labute approximate surface area is 143 Å². The molecule has 1 fully saturated rings. The first-order chi connectivity index (χ1) is 9.72. The van der Waals surface area contributed by atoms with E-state index < -0.39 is 4.92 Å². The van der Waals surface area contributed by atoms with E-state index in [-0.39, 0.29) is 36.7 Å². The van der Waals surface area contributed by atoms with E-state index in [1.54, 1.807) is 6.07 Å². The molecule has 1 aromatic heterocycles. The van der Waals surface area contributed by atoms with Crippen LogP contribution in [0.5, 0.6) is 0 Å². The van der Waals surface area contributed by atoms with Crippen LogP contribution in [0.4, 0.5) is 5.88 Å².